The fourth-order valence-electron chi connectivity index (χ4n) is 3.18. The molecule has 8 heteroatoms. The number of nitrogens with zero attached hydrogens (tertiary/aromatic N) is 2. The number of hydrogen-bond acceptors (Lipinski definition) is 4. The molecule has 0 saturated heterocycles. The Morgan fingerprint density at radius 1 is 1.07 bits per heavy atom. The number of rotatable bonds is 10. The summed E-state index contributed by atoms with van der Waals surface area (Å²) in [6.07, 6.45) is 0.797. The van der Waals surface area contributed by atoms with Gasteiger partial charge in [-0.15, -0.1) is 0 Å². The molecular formula is C22H30BrN3O3S. The molecule has 0 saturated carbocycles. The number of carbonyl (C=O) groups excluding carboxylic acids is 1. The van der Waals surface area contributed by atoms with Gasteiger partial charge in [0.2, 0.25) is 10.0 Å². The predicted octanol–water partition coefficient (Wildman–Crippen LogP) is 3.38. The first-order valence-electron chi connectivity index (χ1n) is 9.98. The van der Waals surface area contributed by atoms with E-state index in [4.69, 9.17) is 0 Å². The van der Waals surface area contributed by atoms with Crippen LogP contribution in [0.25, 0.3) is 0 Å². The summed E-state index contributed by atoms with van der Waals surface area (Å²) < 4.78 is 27.6. The molecule has 0 fully saturated rings. The number of halogens is 1. The van der Waals surface area contributed by atoms with Gasteiger partial charge in [-0.25, -0.2) is 8.42 Å². The molecule has 2 aromatic carbocycles. The van der Waals surface area contributed by atoms with Crippen LogP contribution in [0.3, 0.4) is 0 Å². The zero-order chi connectivity index (χ0) is 22.3. The molecule has 0 heterocycles. The van der Waals surface area contributed by atoms with Crippen LogP contribution >= 0.6 is 15.9 Å². The normalized spacial score (nSPS) is 12.9. The van der Waals surface area contributed by atoms with Gasteiger partial charge in [0, 0.05) is 30.1 Å². The molecule has 0 aliphatic rings. The fraction of sp³-hybridized carbons (Fsp3) is 0.409. The molecule has 0 spiro atoms. The maximum absolute atomic E-state index is 12.9. The molecule has 0 aliphatic heterocycles. The first kappa shape index (κ1) is 24.5. The Hall–Kier alpha value is -1.74. The van der Waals surface area contributed by atoms with E-state index in [-0.39, 0.29) is 16.8 Å². The molecule has 1 atom stereocenters. The molecule has 0 bridgehead atoms. The van der Waals surface area contributed by atoms with E-state index >= 15 is 0 Å². The van der Waals surface area contributed by atoms with Crippen LogP contribution in [-0.2, 0) is 16.4 Å². The number of benzene rings is 2. The number of likely N-dealkylation sites (N-methyl/N-ethyl adjacent to an activating group) is 1. The number of nitrogens with one attached hydrogen (secondary N) is 1. The molecular weight excluding hydrogens is 466 g/mol. The van der Waals surface area contributed by atoms with Gasteiger partial charge < -0.3 is 10.2 Å². The minimum Gasteiger partial charge on any atom is -0.350 e. The summed E-state index contributed by atoms with van der Waals surface area (Å²) in [6.45, 7) is 4.78. The Morgan fingerprint density at radius 3 is 2.27 bits per heavy atom. The summed E-state index contributed by atoms with van der Waals surface area (Å²) in [5.41, 5.74) is 1.50. The van der Waals surface area contributed by atoms with Crippen molar-refractivity contribution in [2.24, 2.45) is 0 Å². The maximum Gasteiger partial charge on any atom is 0.252 e. The molecule has 164 valence electrons. The number of amides is 1. The lowest BCUT2D eigenvalue weighted by atomic mass is 10.1. The van der Waals surface area contributed by atoms with Crippen LogP contribution in [0.5, 0.6) is 0 Å². The van der Waals surface area contributed by atoms with Crippen LogP contribution in [0.2, 0.25) is 0 Å². The van der Waals surface area contributed by atoms with E-state index < -0.39 is 10.0 Å². The van der Waals surface area contributed by atoms with E-state index in [2.05, 4.69) is 38.3 Å². The maximum atomic E-state index is 12.9. The highest BCUT2D eigenvalue weighted by Gasteiger charge is 2.24. The Labute approximate surface area is 188 Å². The van der Waals surface area contributed by atoms with E-state index in [0.29, 0.717) is 29.7 Å². The third-order valence-electron chi connectivity index (χ3n) is 5.07. The average molecular weight is 496 g/mol. The van der Waals surface area contributed by atoms with Crippen molar-refractivity contribution in [2.75, 3.05) is 33.7 Å². The molecule has 0 aliphatic carbocycles. The lowest BCUT2D eigenvalue weighted by molar-refractivity contribution is 0.0940. The lowest BCUT2D eigenvalue weighted by Crippen LogP contribution is -2.41. The molecule has 2 rings (SSSR count). The predicted molar refractivity (Wildman–Crippen MR) is 124 cm³/mol. The van der Waals surface area contributed by atoms with E-state index in [1.807, 2.05) is 32.3 Å². The molecule has 0 radical (unpaired) electrons. The highest BCUT2D eigenvalue weighted by molar-refractivity contribution is 9.10. The van der Waals surface area contributed by atoms with Crippen LogP contribution in [-0.4, -0.2) is 63.3 Å². The zero-order valence-electron chi connectivity index (χ0n) is 17.9. The third kappa shape index (κ3) is 6.14. The number of hydrogen-bond donors (Lipinski definition) is 1. The Balaban J connectivity index is 2.18. The van der Waals surface area contributed by atoms with Gasteiger partial charge in [0.25, 0.3) is 5.91 Å². The van der Waals surface area contributed by atoms with Gasteiger partial charge in [0.1, 0.15) is 0 Å². The van der Waals surface area contributed by atoms with Crippen LogP contribution < -0.4 is 5.32 Å². The highest BCUT2D eigenvalue weighted by atomic mass is 79.9. The molecule has 2 aromatic rings. The Morgan fingerprint density at radius 2 is 1.70 bits per heavy atom. The van der Waals surface area contributed by atoms with Crippen LogP contribution in [0.4, 0.5) is 0 Å². The van der Waals surface area contributed by atoms with E-state index in [9.17, 15) is 13.2 Å². The summed E-state index contributed by atoms with van der Waals surface area (Å²) in [7, 11) is 0.323. The highest BCUT2D eigenvalue weighted by Crippen LogP contribution is 2.23. The standard InChI is InChI=1S/C22H30BrN3O3S/c1-5-26(6-2)30(28,29)19-12-13-21(23)20(15-19)22(27)24-16-18(25(3)4)14-17-10-8-7-9-11-17/h7-13,15,18H,5-6,14,16H2,1-4H3,(H,24,27). The first-order chi connectivity index (χ1) is 14.2. The van der Waals surface area contributed by atoms with Crippen molar-refractivity contribution in [1.82, 2.24) is 14.5 Å². The van der Waals surface area contributed by atoms with Crippen molar-refractivity contribution in [2.45, 2.75) is 31.2 Å². The summed E-state index contributed by atoms with van der Waals surface area (Å²) in [6, 6.07) is 14.8. The monoisotopic (exact) mass is 495 g/mol. The molecule has 30 heavy (non-hydrogen) atoms. The van der Waals surface area contributed by atoms with Gasteiger partial charge in [0.15, 0.2) is 0 Å². The second kappa shape index (κ2) is 11.0. The zero-order valence-corrected chi connectivity index (χ0v) is 20.3. The van der Waals surface area contributed by atoms with Gasteiger partial charge in [0.05, 0.1) is 10.5 Å². The van der Waals surface area contributed by atoms with Crippen molar-refractivity contribution >= 4 is 31.9 Å². The van der Waals surface area contributed by atoms with Crippen LogP contribution in [0.1, 0.15) is 29.8 Å². The van der Waals surface area contributed by atoms with Crippen molar-refractivity contribution in [3.05, 3.63) is 64.1 Å². The summed E-state index contributed by atoms with van der Waals surface area (Å²) >= 11 is 3.38. The van der Waals surface area contributed by atoms with E-state index in [1.54, 1.807) is 19.9 Å². The summed E-state index contributed by atoms with van der Waals surface area (Å²) in [4.78, 5) is 15.1. The first-order valence-corrected chi connectivity index (χ1v) is 12.2. The number of sulfonamides is 1. The quantitative estimate of drug-likeness (QED) is 0.548. The van der Waals surface area contributed by atoms with Gasteiger partial charge in [-0.05, 0) is 60.2 Å². The van der Waals surface area contributed by atoms with Gasteiger partial charge in [-0.1, -0.05) is 44.2 Å². The van der Waals surface area contributed by atoms with Crippen LogP contribution in [0, 0.1) is 0 Å². The topological polar surface area (TPSA) is 69.7 Å². The average Bonchev–Trinajstić information content (AvgIpc) is 2.72. The Bertz CT molecular complexity index is 945. The molecule has 1 unspecified atom stereocenters. The second-order valence-corrected chi connectivity index (χ2v) is 10.0. The molecule has 1 amide bonds. The number of carbonyl (C=O) groups is 1. The molecule has 0 aromatic heterocycles. The van der Waals surface area contributed by atoms with Crippen molar-refractivity contribution in [1.29, 1.82) is 0 Å². The van der Waals surface area contributed by atoms with Crippen molar-refractivity contribution < 1.29 is 13.2 Å². The minimum atomic E-state index is -3.64. The lowest BCUT2D eigenvalue weighted by Gasteiger charge is -2.25. The van der Waals surface area contributed by atoms with Gasteiger partial charge in [-0.2, -0.15) is 4.31 Å². The van der Waals surface area contributed by atoms with Crippen molar-refractivity contribution in [3.63, 3.8) is 0 Å². The van der Waals surface area contributed by atoms with E-state index in [0.717, 1.165) is 6.42 Å². The summed E-state index contributed by atoms with van der Waals surface area (Å²) in [5, 5.41) is 2.96. The Kier molecular flexibility index (Phi) is 9.03. The fourth-order valence-corrected chi connectivity index (χ4v) is 5.09. The largest absolute Gasteiger partial charge is 0.350 e. The van der Waals surface area contributed by atoms with E-state index in [1.165, 1.54) is 22.0 Å². The second-order valence-electron chi connectivity index (χ2n) is 7.25. The SMILES string of the molecule is CCN(CC)S(=O)(=O)c1ccc(Br)c(C(=O)NCC(Cc2ccccc2)N(C)C)c1. The molecule has 6 nitrogen and oxygen atoms in total. The molecule has 1 N–H and O–H groups in total. The van der Waals surface area contributed by atoms with Crippen LogP contribution in [0.15, 0.2) is 57.9 Å². The smallest absolute Gasteiger partial charge is 0.252 e. The third-order valence-corrected chi connectivity index (χ3v) is 7.81. The van der Waals surface area contributed by atoms with Gasteiger partial charge >= 0.3 is 0 Å². The summed E-state index contributed by atoms with van der Waals surface area (Å²) in [5.74, 6) is -0.307. The van der Waals surface area contributed by atoms with Crippen molar-refractivity contribution in [3.8, 4) is 0 Å². The minimum absolute atomic E-state index is 0.109. The van der Waals surface area contributed by atoms with Gasteiger partial charge in [-0.3, -0.25) is 4.79 Å².